The van der Waals surface area contributed by atoms with Crippen LogP contribution < -0.4 is 5.32 Å². The average Bonchev–Trinajstić information content (AvgIpc) is 3.21. The van der Waals surface area contributed by atoms with Crippen LogP contribution in [0.2, 0.25) is 5.02 Å². The molecule has 0 saturated carbocycles. The van der Waals surface area contributed by atoms with E-state index in [1.807, 2.05) is 0 Å². The highest BCUT2D eigenvalue weighted by Gasteiger charge is 2.39. The van der Waals surface area contributed by atoms with Gasteiger partial charge in [0, 0.05) is 25.7 Å². The second-order valence-corrected chi connectivity index (χ2v) is 5.07. The quantitative estimate of drug-likeness (QED) is 0.591. The summed E-state index contributed by atoms with van der Waals surface area (Å²) < 4.78 is 4.53. The van der Waals surface area contributed by atoms with Crippen LogP contribution in [0.4, 0.5) is 5.82 Å². The molecule has 8 nitrogen and oxygen atoms in total. The van der Waals surface area contributed by atoms with E-state index >= 15 is 0 Å². The number of aromatic nitrogens is 2. The zero-order chi connectivity index (χ0) is 16.2. The molecule has 1 aliphatic rings. The first-order chi connectivity index (χ1) is 10.5. The van der Waals surface area contributed by atoms with E-state index in [9.17, 15) is 9.59 Å². The minimum Gasteiger partial charge on any atom is -0.464 e. The summed E-state index contributed by atoms with van der Waals surface area (Å²) in [7, 11) is 1.22. The van der Waals surface area contributed by atoms with E-state index in [1.54, 1.807) is 0 Å². The lowest BCUT2D eigenvalue weighted by atomic mass is 10.0. The number of hydrogen-bond acceptors (Lipinski definition) is 6. The van der Waals surface area contributed by atoms with Gasteiger partial charge in [-0.05, 0) is 0 Å². The van der Waals surface area contributed by atoms with Gasteiger partial charge in [-0.15, -0.1) is 12.3 Å². The number of H-pyrrole nitrogens is 1. The van der Waals surface area contributed by atoms with Crippen molar-refractivity contribution in [1.29, 1.82) is 0 Å². The fourth-order valence-corrected chi connectivity index (χ4v) is 2.03. The minimum atomic E-state index is -0.665. The molecular formula is C13H14ClN5O3. The number of methoxy groups -OCH3 is 1. The van der Waals surface area contributed by atoms with Gasteiger partial charge in [-0.25, -0.2) is 4.79 Å². The summed E-state index contributed by atoms with van der Waals surface area (Å²) in [4.78, 5) is 23.3. The molecule has 0 unspecified atom stereocenters. The number of nitrogens with zero attached hydrogens (tertiary/aromatic N) is 3. The first-order valence-corrected chi connectivity index (χ1v) is 6.88. The molecule has 0 atom stereocenters. The lowest BCUT2D eigenvalue weighted by molar-refractivity contribution is -0.116. The Labute approximate surface area is 131 Å². The molecule has 1 aromatic rings. The van der Waals surface area contributed by atoms with Gasteiger partial charge in [0.15, 0.2) is 17.2 Å². The third-order valence-electron chi connectivity index (χ3n) is 3.16. The smallest absolute Gasteiger partial charge is 0.357 e. The minimum absolute atomic E-state index is 0.00282. The molecule has 2 rings (SSSR count). The van der Waals surface area contributed by atoms with E-state index in [0.29, 0.717) is 19.3 Å². The highest BCUT2D eigenvalue weighted by Crippen LogP contribution is 2.37. The van der Waals surface area contributed by atoms with Crippen LogP contribution in [0.15, 0.2) is 10.2 Å². The molecule has 2 heterocycles. The third kappa shape index (κ3) is 3.62. The molecule has 1 amide bonds. The summed E-state index contributed by atoms with van der Waals surface area (Å²) >= 11 is 5.94. The number of hydrogen-bond donors (Lipinski definition) is 2. The first kappa shape index (κ1) is 16.0. The molecule has 0 aromatic carbocycles. The van der Waals surface area contributed by atoms with Crippen LogP contribution in [0.3, 0.4) is 0 Å². The van der Waals surface area contributed by atoms with Gasteiger partial charge in [0.2, 0.25) is 5.91 Å². The summed E-state index contributed by atoms with van der Waals surface area (Å²) in [6.45, 7) is 0. The number of carbonyl (C=O) groups excluding carboxylic acids is 2. The van der Waals surface area contributed by atoms with Crippen molar-refractivity contribution in [2.75, 3.05) is 12.4 Å². The number of anilines is 1. The van der Waals surface area contributed by atoms with Gasteiger partial charge >= 0.3 is 5.97 Å². The van der Waals surface area contributed by atoms with Crippen LogP contribution in [0.1, 0.15) is 36.2 Å². The van der Waals surface area contributed by atoms with Crippen LogP contribution in [-0.2, 0) is 9.53 Å². The number of rotatable bonds is 7. The summed E-state index contributed by atoms with van der Waals surface area (Å²) in [6, 6.07) is 0. The zero-order valence-electron chi connectivity index (χ0n) is 11.9. The zero-order valence-corrected chi connectivity index (χ0v) is 12.6. The number of terminal acetylenes is 1. The van der Waals surface area contributed by atoms with Crippen LogP contribution >= 0.6 is 11.6 Å². The molecular weight excluding hydrogens is 310 g/mol. The summed E-state index contributed by atoms with van der Waals surface area (Å²) in [5, 5.41) is 16.6. The molecule has 0 radical (unpaired) electrons. The highest BCUT2D eigenvalue weighted by molar-refractivity contribution is 6.36. The number of ether oxygens (including phenoxy) is 1. The van der Waals surface area contributed by atoms with E-state index in [1.165, 1.54) is 7.11 Å². The van der Waals surface area contributed by atoms with Crippen molar-refractivity contribution < 1.29 is 14.3 Å². The Morgan fingerprint density at radius 3 is 2.77 bits per heavy atom. The lowest BCUT2D eigenvalue weighted by Crippen LogP contribution is -2.18. The van der Waals surface area contributed by atoms with Gasteiger partial charge < -0.3 is 10.1 Å². The first-order valence-electron chi connectivity index (χ1n) is 6.51. The van der Waals surface area contributed by atoms with E-state index in [0.717, 1.165) is 0 Å². The van der Waals surface area contributed by atoms with Crippen molar-refractivity contribution in [3.8, 4) is 12.3 Å². The fourth-order valence-electron chi connectivity index (χ4n) is 1.82. The summed E-state index contributed by atoms with van der Waals surface area (Å²) in [6.07, 6.45) is 7.04. The van der Waals surface area contributed by atoms with Crippen LogP contribution in [0.25, 0.3) is 0 Å². The van der Waals surface area contributed by atoms with Gasteiger partial charge in [0.25, 0.3) is 0 Å². The van der Waals surface area contributed by atoms with Gasteiger partial charge in [-0.1, -0.05) is 11.6 Å². The largest absolute Gasteiger partial charge is 0.464 e. The Morgan fingerprint density at radius 1 is 1.45 bits per heavy atom. The monoisotopic (exact) mass is 323 g/mol. The van der Waals surface area contributed by atoms with Crippen molar-refractivity contribution in [3.05, 3.63) is 10.7 Å². The molecule has 9 heteroatoms. The predicted molar refractivity (Wildman–Crippen MR) is 78.5 cm³/mol. The Morgan fingerprint density at radius 2 is 2.18 bits per heavy atom. The molecule has 116 valence electrons. The predicted octanol–water partition coefficient (Wildman–Crippen LogP) is 2.14. The lowest BCUT2D eigenvalue weighted by Gasteiger charge is -2.08. The summed E-state index contributed by atoms with van der Waals surface area (Å²) in [5.74, 6) is 1.63. The molecule has 0 saturated heterocycles. The normalized spacial score (nSPS) is 14.2. The second kappa shape index (κ2) is 6.58. The van der Waals surface area contributed by atoms with Crippen molar-refractivity contribution in [1.82, 2.24) is 10.2 Å². The van der Waals surface area contributed by atoms with Crippen molar-refractivity contribution in [2.45, 2.75) is 31.3 Å². The SMILES string of the molecule is C#CCCC1(CCC(=O)Nc2n[nH]c(C(=O)OC)c2Cl)N=N1. The maximum Gasteiger partial charge on any atom is 0.357 e. The van der Waals surface area contributed by atoms with Gasteiger partial charge in [-0.3, -0.25) is 9.89 Å². The number of esters is 1. The molecule has 0 aliphatic carbocycles. The molecule has 1 aliphatic heterocycles. The maximum atomic E-state index is 11.9. The van der Waals surface area contributed by atoms with Gasteiger partial charge in [0.05, 0.1) is 7.11 Å². The average molecular weight is 324 g/mol. The van der Waals surface area contributed by atoms with Crippen LogP contribution in [0, 0.1) is 12.3 Å². The topological polar surface area (TPSA) is 109 Å². The number of amides is 1. The molecule has 0 spiro atoms. The van der Waals surface area contributed by atoms with Crippen molar-refractivity contribution >= 4 is 29.3 Å². The number of carbonyl (C=O) groups is 2. The Kier molecular flexibility index (Phi) is 4.78. The molecule has 0 bridgehead atoms. The molecule has 0 fully saturated rings. The molecule has 2 N–H and O–H groups in total. The third-order valence-corrected chi connectivity index (χ3v) is 3.53. The molecule has 22 heavy (non-hydrogen) atoms. The standard InChI is InChI=1S/C13H14ClN5O3/c1-3-4-6-13(18-19-13)7-5-8(20)15-11-9(14)10(16-17-11)12(21)22-2/h1H,4-7H2,2H3,(H2,15,16,17,20). The van der Waals surface area contributed by atoms with Crippen molar-refractivity contribution in [3.63, 3.8) is 0 Å². The molecule has 1 aromatic heterocycles. The van der Waals surface area contributed by atoms with E-state index in [2.05, 4.69) is 36.4 Å². The fraction of sp³-hybridized carbons (Fsp3) is 0.462. The van der Waals surface area contributed by atoms with Gasteiger partial charge in [-0.2, -0.15) is 15.3 Å². The number of nitrogens with one attached hydrogen (secondary N) is 2. The van der Waals surface area contributed by atoms with E-state index < -0.39 is 11.6 Å². The van der Waals surface area contributed by atoms with Gasteiger partial charge in [0.1, 0.15) is 5.02 Å². The highest BCUT2D eigenvalue weighted by atomic mass is 35.5. The van der Waals surface area contributed by atoms with Crippen LogP contribution in [-0.4, -0.2) is 34.8 Å². The maximum absolute atomic E-state index is 11.9. The Balaban J connectivity index is 1.87. The van der Waals surface area contributed by atoms with E-state index in [-0.39, 0.29) is 28.9 Å². The summed E-state index contributed by atoms with van der Waals surface area (Å²) in [5.41, 5.74) is -0.534. The number of halogens is 1. The number of aromatic amines is 1. The Hall–Kier alpha value is -2.40. The van der Waals surface area contributed by atoms with E-state index in [4.69, 9.17) is 18.0 Å². The second-order valence-electron chi connectivity index (χ2n) is 4.69. The van der Waals surface area contributed by atoms with Crippen molar-refractivity contribution in [2.24, 2.45) is 10.2 Å². The van der Waals surface area contributed by atoms with Crippen LogP contribution in [0.5, 0.6) is 0 Å². The Bertz CT molecular complexity index is 655.